The normalized spacial score (nSPS) is 13.3. The van der Waals surface area contributed by atoms with Crippen molar-refractivity contribution in [1.82, 2.24) is 4.72 Å². The second-order valence-corrected chi connectivity index (χ2v) is 6.26. The molecule has 1 atom stereocenters. The SMILES string of the molecule is CC(NS(=O)(=O)c1cc(N)cc(Cl)c1F)c1ccco1. The third-order valence-corrected chi connectivity index (χ3v) is 4.42. The molecule has 0 aliphatic carbocycles. The molecule has 0 saturated carbocycles. The van der Waals surface area contributed by atoms with Gasteiger partial charge in [0.05, 0.1) is 17.3 Å². The lowest BCUT2D eigenvalue weighted by Gasteiger charge is -2.13. The quantitative estimate of drug-likeness (QED) is 0.849. The fraction of sp³-hybridized carbons (Fsp3) is 0.167. The first kappa shape index (κ1) is 14.8. The highest BCUT2D eigenvalue weighted by Crippen LogP contribution is 2.27. The molecule has 0 radical (unpaired) electrons. The van der Waals surface area contributed by atoms with E-state index in [4.69, 9.17) is 21.8 Å². The Bertz CT molecular complexity index is 717. The second kappa shape index (κ2) is 5.43. The molecule has 0 aliphatic rings. The lowest BCUT2D eigenvalue weighted by molar-refractivity contribution is 0.458. The fourth-order valence-electron chi connectivity index (χ4n) is 1.67. The van der Waals surface area contributed by atoms with Gasteiger partial charge in [-0.2, -0.15) is 0 Å². The van der Waals surface area contributed by atoms with Gasteiger partial charge in [-0.1, -0.05) is 11.6 Å². The van der Waals surface area contributed by atoms with Crippen molar-refractivity contribution < 1.29 is 17.2 Å². The summed E-state index contributed by atoms with van der Waals surface area (Å²) in [5.41, 5.74) is 5.55. The second-order valence-electron chi connectivity index (χ2n) is 4.17. The van der Waals surface area contributed by atoms with E-state index in [1.54, 1.807) is 19.1 Å². The largest absolute Gasteiger partial charge is 0.468 e. The summed E-state index contributed by atoms with van der Waals surface area (Å²) in [6.07, 6.45) is 1.41. The molecular weight excluding hydrogens is 307 g/mol. The third-order valence-electron chi connectivity index (χ3n) is 2.61. The van der Waals surface area contributed by atoms with E-state index in [1.165, 1.54) is 6.26 Å². The van der Waals surface area contributed by atoms with Crippen LogP contribution in [0.1, 0.15) is 18.7 Å². The van der Waals surface area contributed by atoms with E-state index < -0.39 is 26.8 Å². The van der Waals surface area contributed by atoms with Crippen LogP contribution >= 0.6 is 11.6 Å². The smallest absolute Gasteiger partial charge is 0.244 e. The van der Waals surface area contributed by atoms with Crippen molar-refractivity contribution in [1.29, 1.82) is 0 Å². The highest BCUT2D eigenvalue weighted by Gasteiger charge is 2.25. The molecule has 0 spiro atoms. The van der Waals surface area contributed by atoms with Crippen LogP contribution in [0.25, 0.3) is 0 Å². The van der Waals surface area contributed by atoms with Crippen LogP contribution in [-0.4, -0.2) is 8.42 Å². The van der Waals surface area contributed by atoms with Crippen molar-refractivity contribution in [3.8, 4) is 0 Å². The Hall–Kier alpha value is -1.57. The number of nitrogens with one attached hydrogen (secondary N) is 1. The van der Waals surface area contributed by atoms with Crippen LogP contribution in [0, 0.1) is 5.82 Å². The maximum atomic E-state index is 13.8. The van der Waals surface area contributed by atoms with Gasteiger partial charge in [-0.05, 0) is 31.2 Å². The average molecular weight is 319 g/mol. The van der Waals surface area contributed by atoms with E-state index in [0.717, 1.165) is 12.1 Å². The Morgan fingerprint density at radius 2 is 2.15 bits per heavy atom. The van der Waals surface area contributed by atoms with Crippen molar-refractivity contribution in [2.24, 2.45) is 0 Å². The standard InChI is InChI=1S/C12H12ClFN2O3S/c1-7(10-3-2-4-19-10)16-20(17,18)11-6-8(15)5-9(13)12(11)14/h2-7,16H,15H2,1H3. The summed E-state index contributed by atoms with van der Waals surface area (Å²) in [4.78, 5) is -0.596. The average Bonchev–Trinajstić information content (AvgIpc) is 2.86. The first-order valence-corrected chi connectivity index (χ1v) is 7.47. The van der Waals surface area contributed by atoms with E-state index in [9.17, 15) is 12.8 Å². The van der Waals surface area contributed by atoms with Crippen molar-refractivity contribution in [2.45, 2.75) is 17.9 Å². The summed E-state index contributed by atoms with van der Waals surface area (Å²) >= 11 is 5.60. The van der Waals surface area contributed by atoms with Gasteiger partial charge in [0.15, 0.2) is 5.82 Å². The van der Waals surface area contributed by atoms with Gasteiger partial charge in [0.25, 0.3) is 0 Å². The number of halogens is 2. The van der Waals surface area contributed by atoms with Crippen LogP contribution < -0.4 is 10.5 Å². The van der Waals surface area contributed by atoms with Gasteiger partial charge in [-0.25, -0.2) is 17.5 Å². The van der Waals surface area contributed by atoms with Crippen LogP contribution in [0.3, 0.4) is 0 Å². The topological polar surface area (TPSA) is 85.3 Å². The number of rotatable bonds is 4. The number of nitrogen functional groups attached to an aromatic ring is 1. The number of benzene rings is 1. The first-order valence-electron chi connectivity index (χ1n) is 5.61. The minimum Gasteiger partial charge on any atom is -0.468 e. The minimum atomic E-state index is -4.11. The van der Waals surface area contributed by atoms with E-state index >= 15 is 0 Å². The Balaban J connectivity index is 2.36. The number of anilines is 1. The predicted octanol–water partition coefficient (Wildman–Crippen LogP) is 2.69. The third kappa shape index (κ3) is 2.95. The first-order chi connectivity index (χ1) is 9.31. The van der Waals surface area contributed by atoms with Crippen LogP contribution in [0.15, 0.2) is 39.8 Å². The number of sulfonamides is 1. The monoisotopic (exact) mass is 318 g/mol. The van der Waals surface area contributed by atoms with Gasteiger partial charge >= 0.3 is 0 Å². The Morgan fingerprint density at radius 3 is 2.75 bits per heavy atom. The van der Waals surface area contributed by atoms with Crippen LogP contribution in [0.4, 0.5) is 10.1 Å². The molecule has 0 amide bonds. The molecule has 0 fully saturated rings. The van der Waals surface area contributed by atoms with E-state index in [-0.39, 0.29) is 10.7 Å². The molecule has 1 unspecified atom stereocenters. The van der Waals surface area contributed by atoms with Gasteiger partial charge in [-0.3, -0.25) is 0 Å². The molecule has 20 heavy (non-hydrogen) atoms. The molecule has 0 bridgehead atoms. The molecule has 108 valence electrons. The molecule has 1 aromatic heterocycles. The molecule has 3 N–H and O–H groups in total. The lowest BCUT2D eigenvalue weighted by Crippen LogP contribution is -2.27. The number of hydrogen-bond acceptors (Lipinski definition) is 4. The van der Waals surface area contributed by atoms with E-state index in [1.807, 2.05) is 0 Å². The van der Waals surface area contributed by atoms with Crippen molar-refractivity contribution in [3.05, 3.63) is 47.1 Å². The van der Waals surface area contributed by atoms with Crippen molar-refractivity contribution in [2.75, 3.05) is 5.73 Å². The molecule has 8 heteroatoms. The van der Waals surface area contributed by atoms with Gasteiger partial charge in [0.1, 0.15) is 10.7 Å². The summed E-state index contributed by atoms with van der Waals surface area (Å²) in [7, 11) is -4.11. The maximum Gasteiger partial charge on any atom is 0.244 e. The van der Waals surface area contributed by atoms with Crippen molar-refractivity contribution >= 4 is 27.3 Å². The maximum absolute atomic E-state index is 13.8. The van der Waals surface area contributed by atoms with E-state index in [0.29, 0.717) is 5.76 Å². The molecule has 2 rings (SSSR count). The zero-order valence-corrected chi connectivity index (χ0v) is 12.0. The highest BCUT2D eigenvalue weighted by atomic mass is 35.5. The van der Waals surface area contributed by atoms with Crippen LogP contribution in [-0.2, 0) is 10.0 Å². The zero-order chi connectivity index (χ0) is 14.9. The molecule has 2 aromatic rings. The molecule has 1 heterocycles. The van der Waals surface area contributed by atoms with Gasteiger partial charge in [0.2, 0.25) is 10.0 Å². The number of furan rings is 1. The van der Waals surface area contributed by atoms with Crippen LogP contribution in [0.5, 0.6) is 0 Å². The molecule has 0 saturated heterocycles. The Morgan fingerprint density at radius 1 is 1.45 bits per heavy atom. The number of hydrogen-bond donors (Lipinski definition) is 2. The molecule has 5 nitrogen and oxygen atoms in total. The summed E-state index contributed by atoms with van der Waals surface area (Å²) in [5.74, 6) is -0.635. The summed E-state index contributed by atoms with van der Waals surface area (Å²) in [5, 5.41) is -0.351. The summed E-state index contributed by atoms with van der Waals surface area (Å²) < 4.78 is 45.5. The van der Waals surface area contributed by atoms with Crippen molar-refractivity contribution in [3.63, 3.8) is 0 Å². The van der Waals surface area contributed by atoms with Gasteiger partial charge in [-0.15, -0.1) is 0 Å². The Labute approximate surface area is 120 Å². The lowest BCUT2D eigenvalue weighted by atomic mass is 10.3. The van der Waals surface area contributed by atoms with E-state index in [2.05, 4.69) is 4.72 Å². The summed E-state index contributed by atoms with van der Waals surface area (Å²) in [6.45, 7) is 1.57. The molecule has 1 aromatic carbocycles. The highest BCUT2D eigenvalue weighted by molar-refractivity contribution is 7.89. The van der Waals surface area contributed by atoms with Gasteiger partial charge in [0, 0.05) is 5.69 Å². The van der Waals surface area contributed by atoms with Crippen LogP contribution in [0.2, 0.25) is 5.02 Å². The minimum absolute atomic E-state index is 0.0578. The predicted molar refractivity (Wildman–Crippen MR) is 73.3 cm³/mol. The molecular formula is C12H12ClFN2O3S. The Kier molecular flexibility index (Phi) is 4.03. The molecule has 0 aliphatic heterocycles. The number of nitrogens with two attached hydrogens (primary N) is 1. The van der Waals surface area contributed by atoms with Gasteiger partial charge < -0.3 is 10.2 Å². The summed E-state index contributed by atoms with van der Waals surface area (Å²) in [6, 6.07) is 4.73. The zero-order valence-electron chi connectivity index (χ0n) is 10.4. The fourth-order valence-corrected chi connectivity index (χ4v) is 3.30.